The van der Waals surface area contributed by atoms with Gasteiger partial charge in [0.1, 0.15) is 10.8 Å². The molecule has 3 rings (SSSR count). The lowest BCUT2D eigenvalue weighted by Crippen LogP contribution is -2.22. The average molecular weight is 353 g/mol. The molecule has 2 aromatic rings. The molecule has 1 aliphatic heterocycles. The lowest BCUT2D eigenvalue weighted by molar-refractivity contribution is -0.122. The van der Waals surface area contributed by atoms with Crippen molar-refractivity contribution in [3.05, 3.63) is 28.7 Å². The van der Waals surface area contributed by atoms with Gasteiger partial charge in [-0.1, -0.05) is 11.3 Å². The van der Waals surface area contributed by atoms with Crippen LogP contribution < -0.4 is 11.1 Å². The van der Waals surface area contributed by atoms with Crippen molar-refractivity contribution >= 4 is 28.8 Å². The summed E-state index contributed by atoms with van der Waals surface area (Å²) in [5.41, 5.74) is 5.49. The van der Waals surface area contributed by atoms with Crippen LogP contribution in [0.15, 0.2) is 16.5 Å². The van der Waals surface area contributed by atoms with E-state index in [4.69, 9.17) is 20.1 Å². The largest absolute Gasteiger partial charge is 0.483 e. The van der Waals surface area contributed by atoms with Crippen molar-refractivity contribution < 1.29 is 19.1 Å². The van der Waals surface area contributed by atoms with Gasteiger partial charge in [0.05, 0.1) is 13.1 Å². The lowest BCUT2D eigenvalue weighted by atomic mass is 10.4. The second-order valence-electron chi connectivity index (χ2n) is 5.07. The maximum atomic E-state index is 12.0. The summed E-state index contributed by atoms with van der Waals surface area (Å²) in [5.74, 6) is 0.889. The maximum Gasteiger partial charge on any atom is 0.290 e. The monoisotopic (exact) mass is 353 g/mol. The van der Waals surface area contributed by atoms with Gasteiger partial charge in [-0.05, 0) is 38.1 Å². The molecule has 0 radical (unpaired) electrons. The number of nitrogens with two attached hydrogens (primary N) is 1. The summed E-state index contributed by atoms with van der Waals surface area (Å²) in [5, 5.41) is 18.2. The molecule has 0 aromatic carbocycles. The molecule has 0 bridgehead atoms. The number of hydrogen-bond donors (Lipinski definition) is 3. The van der Waals surface area contributed by atoms with E-state index in [-0.39, 0.29) is 12.4 Å². The van der Waals surface area contributed by atoms with Gasteiger partial charge in [0, 0.05) is 0 Å². The molecule has 1 aliphatic rings. The summed E-state index contributed by atoms with van der Waals surface area (Å²) in [6.45, 7) is 3.01. The van der Waals surface area contributed by atoms with Crippen LogP contribution in [0.25, 0.3) is 0 Å². The minimum Gasteiger partial charge on any atom is -0.483 e. The maximum absolute atomic E-state index is 12.0. The van der Waals surface area contributed by atoms with E-state index in [1.165, 1.54) is 24.2 Å². The van der Waals surface area contributed by atoms with Crippen LogP contribution in [0.3, 0.4) is 0 Å². The van der Waals surface area contributed by atoms with Crippen molar-refractivity contribution in [2.24, 2.45) is 0 Å². The number of amides is 1. The number of rotatable bonds is 5. The van der Waals surface area contributed by atoms with Gasteiger partial charge < -0.3 is 20.6 Å². The molecule has 9 nitrogen and oxygen atoms in total. The number of carboxylic acid groups (broad SMARTS) is 1. The number of likely N-dealkylation sites (tertiary alicyclic amines) is 1. The molecular formula is C14H19N5O4S. The van der Waals surface area contributed by atoms with E-state index in [2.05, 4.69) is 20.4 Å². The molecule has 0 spiro atoms. The molecule has 0 aliphatic carbocycles. The quantitative estimate of drug-likeness (QED) is 0.676. The smallest absolute Gasteiger partial charge is 0.290 e. The fourth-order valence-electron chi connectivity index (χ4n) is 2.33. The molecule has 0 atom stereocenters. The standard InChI is InChI=1S/C13H17N5O2S.CH2O2/c14-13-17-16-11(21-13)7-15-12(19)10-4-3-9(20-10)8-18-5-1-2-6-18;2-1-3/h3-4H,1-2,5-8H2,(H2,14,17)(H,15,19);1H,(H,2,3). The van der Waals surface area contributed by atoms with Crippen molar-refractivity contribution in [1.29, 1.82) is 0 Å². The summed E-state index contributed by atoms with van der Waals surface area (Å²) in [6, 6.07) is 3.56. The molecule has 1 saturated heterocycles. The van der Waals surface area contributed by atoms with Crippen LogP contribution in [0.5, 0.6) is 0 Å². The normalized spacial score (nSPS) is 14.0. The van der Waals surface area contributed by atoms with Crippen molar-refractivity contribution in [3.8, 4) is 0 Å². The van der Waals surface area contributed by atoms with Gasteiger partial charge in [-0.3, -0.25) is 14.5 Å². The Balaban J connectivity index is 0.000000647. The summed E-state index contributed by atoms with van der Waals surface area (Å²) in [7, 11) is 0. The van der Waals surface area contributed by atoms with Crippen LogP contribution in [-0.2, 0) is 17.9 Å². The molecule has 24 heavy (non-hydrogen) atoms. The zero-order valence-electron chi connectivity index (χ0n) is 13.0. The van der Waals surface area contributed by atoms with Crippen molar-refractivity contribution in [3.63, 3.8) is 0 Å². The number of carbonyl (C=O) groups is 2. The van der Waals surface area contributed by atoms with Gasteiger partial charge in [0.25, 0.3) is 12.4 Å². The summed E-state index contributed by atoms with van der Waals surface area (Å²) < 4.78 is 5.59. The van der Waals surface area contributed by atoms with Crippen LogP contribution in [0.2, 0.25) is 0 Å². The first-order chi connectivity index (χ1) is 11.6. The minimum atomic E-state index is -0.253. The van der Waals surface area contributed by atoms with Gasteiger partial charge >= 0.3 is 0 Å². The molecular weight excluding hydrogens is 334 g/mol. The zero-order chi connectivity index (χ0) is 17.4. The fourth-order valence-corrected chi connectivity index (χ4v) is 2.88. The van der Waals surface area contributed by atoms with Crippen molar-refractivity contribution in [2.75, 3.05) is 18.8 Å². The highest BCUT2D eigenvalue weighted by atomic mass is 32.1. The van der Waals surface area contributed by atoms with Crippen LogP contribution >= 0.6 is 11.3 Å². The third-order valence-corrected chi connectivity index (χ3v) is 4.10. The Bertz CT molecular complexity index is 666. The molecule has 1 amide bonds. The van der Waals surface area contributed by atoms with E-state index in [0.717, 1.165) is 25.4 Å². The summed E-state index contributed by atoms with van der Waals surface area (Å²) in [6.07, 6.45) is 2.47. The second-order valence-corrected chi connectivity index (χ2v) is 6.16. The van der Waals surface area contributed by atoms with Gasteiger partial charge in [0.2, 0.25) is 5.13 Å². The van der Waals surface area contributed by atoms with E-state index < -0.39 is 0 Å². The molecule has 4 N–H and O–H groups in total. The van der Waals surface area contributed by atoms with Crippen molar-refractivity contribution in [2.45, 2.75) is 25.9 Å². The highest BCUT2D eigenvalue weighted by molar-refractivity contribution is 7.15. The van der Waals surface area contributed by atoms with Gasteiger partial charge in [-0.25, -0.2) is 0 Å². The number of anilines is 1. The third kappa shape index (κ3) is 5.32. The van der Waals surface area contributed by atoms with E-state index in [1.807, 2.05) is 6.07 Å². The number of hydrogen-bond acceptors (Lipinski definition) is 8. The Labute approximate surface area is 142 Å². The van der Waals surface area contributed by atoms with Gasteiger partial charge in [-0.15, -0.1) is 10.2 Å². The molecule has 2 aromatic heterocycles. The number of carbonyl (C=O) groups excluding carboxylic acids is 1. The first kappa shape index (κ1) is 17.9. The highest BCUT2D eigenvalue weighted by Crippen LogP contribution is 2.15. The number of nitrogens with one attached hydrogen (secondary N) is 1. The molecule has 130 valence electrons. The van der Waals surface area contributed by atoms with Crippen molar-refractivity contribution in [1.82, 2.24) is 20.4 Å². The number of nitrogen functional groups attached to an aromatic ring is 1. The Hall–Kier alpha value is -2.46. The highest BCUT2D eigenvalue weighted by Gasteiger charge is 2.16. The lowest BCUT2D eigenvalue weighted by Gasteiger charge is -2.11. The Kier molecular flexibility index (Phi) is 6.70. The third-order valence-electron chi connectivity index (χ3n) is 3.35. The topological polar surface area (TPSA) is 135 Å². The second kappa shape index (κ2) is 8.99. The molecule has 0 unspecified atom stereocenters. The van der Waals surface area contributed by atoms with Crippen LogP contribution in [-0.4, -0.2) is 45.7 Å². The Morgan fingerprint density at radius 2 is 2.12 bits per heavy atom. The molecule has 0 saturated carbocycles. The first-order valence-corrected chi connectivity index (χ1v) is 8.19. The fraction of sp³-hybridized carbons (Fsp3) is 0.429. The number of furan rings is 1. The first-order valence-electron chi connectivity index (χ1n) is 7.37. The molecule has 3 heterocycles. The predicted molar refractivity (Wildman–Crippen MR) is 87.4 cm³/mol. The predicted octanol–water partition coefficient (Wildman–Crippen LogP) is 0.940. The molecule has 1 fully saturated rings. The zero-order valence-corrected chi connectivity index (χ0v) is 13.8. The van der Waals surface area contributed by atoms with E-state index in [1.54, 1.807) is 6.07 Å². The van der Waals surface area contributed by atoms with E-state index >= 15 is 0 Å². The van der Waals surface area contributed by atoms with E-state index in [0.29, 0.717) is 22.4 Å². The summed E-state index contributed by atoms with van der Waals surface area (Å²) in [4.78, 5) is 22.7. The Morgan fingerprint density at radius 1 is 1.42 bits per heavy atom. The summed E-state index contributed by atoms with van der Waals surface area (Å²) >= 11 is 1.25. The van der Waals surface area contributed by atoms with Crippen LogP contribution in [0.4, 0.5) is 5.13 Å². The Morgan fingerprint density at radius 3 is 2.75 bits per heavy atom. The average Bonchev–Trinajstić information content (AvgIpc) is 3.29. The minimum absolute atomic E-state index is 0.250. The van der Waals surface area contributed by atoms with E-state index in [9.17, 15) is 4.79 Å². The van der Waals surface area contributed by atoms with Crippen LogP contribution in [0.1, 0.15) is 34.2 Å². The van der Waals surface area contributed by atoms with Crippen LogP contribution in [0, 0.1) is 0 Å². The molecule has 10 heteroatoms. The van der Waals surface area contributed by atoms with Gasteiger partial charge in [0.15, 0.2) is 5.76 Å². The number of nitrogens with zero attached hydrogens (tertiary/aromatic N) is 3. The number of aromatic nitrogens is 2. The SMILES string of the molecule is Nc1nnc(CNC(=O)c2ccc(CN3CCCC3)o2)s1.O=CO. The van der Waals surface area contributed by atoms with Gasteiger partial charge in [-0.2, -0.15) is 0 Å².